The zero-order valence-corrected chi connectivity index (χ0v) is 12.6. The van der Waals surface area contributed by atoms with E-state index in [0.717, 1.165) is 5.56 Å². The van der Waals surface area contributed by atoms with Crippen LogP contribution < -0.4 is 14.2 Å². The van der Waals surface area contributed by atoms with Crippen molar-refractivity contribution in [2.24, 2.45) is 0 Å². The molecule has 0 aliphatic carbocycles. The lowest BCUT2D eigenvalue weighted by Crippen LogP contribution is -2.31. The van der Waals surface area contributed by atoms with E-state index in [9.17, 15) is 9.18 Å². The van der Waals surface area contributed by atoms with Crippen LogP contribution in [0.1, 0.15) is 5.56 Å². The van der Waals surface area contributed by atoms with Gasteiger partial charge in [0.2, 0.25) is 6.79 Å². The molecule has 23 heavy (non-hydrogen) atoms. The Morgan fingerprint density at radius 2 is 2.00 bits per heavy atom. The predicted octanol–water partition coefficient (Wildman–Crippen LogP) is 2.59. The summed E-state index contributed by atoms with van der Waals surface area (Å²) < 4.78 is 29.2. The fourth-order valence-electron chi connectivity index (χ4n) is 2.21. The minimum Gasteiger partial charge on any atom is -0.481 e. The number of amides is 1. The first-order valence-electron chi connectivity index (χ1n) is 7.13. The van der Waals surface area contributed by atoms with Crippen LogP contribution in [0.5, 0.6) is 17.2 Å². The van der Waals surface area contributed by atoms with Crippen LogP contribution in [0, 0.1) is 5.82 Å². The molecule has 120 valence electrons. The van der Waals surface area contributed by atoms with Crippen molar-refractivity contribution in [3.05, 3.63) is 53.8 Å². The van der Waals surface area contributed by atoms with Gasteiger partial charge in [-0.25, -0.2) is 4.39 Å². The third-order valence-corrected chi connectivity index (χ3v) is 3.47. The summed E-state index contributed by atoms with van der Waals surface area (Å²) in [4.78, 5) is 13.6. The molecule has 0 N–H and O–H groups in total. The van der Waals surface area contributed by atoms with Gasteiger partial charge in [-0.05, 0) is 29.8 Å². The number of ether oxygens (including phenoxy) is 3. The van der Waals surface area contributed by atoms with Gasteiger partial charge in [-0.15, -0.1) is 0 Å². The molecular weight excluding hydrogens is 301 g/mol. The molecule has 1 aliphatic heterocycles. The maximum absolute atomic E-state index is 13.4. The molecule has 1 amide bonds. The number of likely N-dealkylation sites (N-methyl/N-ethyl adjacent to an activating group) is 1. The van der Waals surface area contributed by atoms with E-state index in [1.807, 2.05) is 18.2 Å². The number of para-hydroxylation sites is 1. The van der Waals surface area contributed by atoms with Crippen LogP contribution >= 0.6 is 0 Å². The van der Waals surface area contributed by atoms with Gasteiger partial charge in [-0.3, -0.25) is 4.79 Å². The number of carbonyl (C=O) groups excluding carboxylic acids is 1. The molecule has 2 aromatic carbocycles. The molecule has 0 unspecified atom stereocenters. The lowest BCUT2D eigenvalue weighted by atomic mass is 10.2. The Kier molecular flexibility index (Phi) is 4.32. The number of carbonyl (C=O) groups is 1. The Balaban J connectivity index is 1.56. The number of hydrogen-bond acceptors (Lipinski definition) is 4. The largest absolute Gasteiger partial charge is 0.481 e. The average Bonchev–Trinajstić information content (AvgIpc) is 3.01. The second-order valence-corrected chi connectivity index (χ2v) is 5.16. The molecule has 1 aliphatic rings. The van der Waals surface area contributed by atoms with Crippen molar-refractivity contribution in [1.29, 1.82) is 0 Å². The SMILES string of the molecule is CN(Cc1ccc2c(c1)OCO2)C(=O)COc1ccccc1F. The van der Waals surface area contributed by atoms with Gasteiger partial charge < -0.3 is 19.1 Å². The highest BCUT2D eigenvalue weighted by atomic mass is 19.1. The molecule has 0 aromatic heterocycles. The highest BCUT2D eigenvalue weighted by Crippen LogP contribution is 2.32. The Labute approximate surface area is 133 Å². The minimum atomic E-state index is -0.487. The Morgan fingerprint density at radius 1 is 1.22 bits per heavy atom. The van der Waals surface area contributed by atoms with Gasteiger partial charge in [-0.2, -0.15) is 0 Å². The maximum Gasteiger partial charge on any atom is 0.260 e. The molecule has 0 bridgehead atoms. The second kappa shape index (κ2) is 6.56. The molecule has 6 heteroatoms. The van der Waals surface area contributed by atoms with Crippen molar-refractivity contribution in [1.82, 2.24) is 4.90 Å². The number of halogens is 1. The zero-order chi connectivity index (χ0) is 16.2. The summed E-state index contributed by atoms with van der Waals surface area (Å²) >= 11 is 0. The van der Waals surface area contributed by atoms with E-state index in [4.69, 9.17) is 14.2 Å². The summed E-state index contributed by atoms with van der Waals surface area (Å²) in [5.74, 6) is 0.707. The fraction of sp³-hybridized carbons (Fsp3) is 0.235. The number of rotatable bonds is 5. The first-order valence-corrected chi connectivity index (χ1v) is 7.13. The van der Waals surface area contributed by atoms with Gasteiger partial charge in [0.05, 0.1) is 0 Å². The third kappa shape index (κ3) is 3.53. The number of nitrogens with zero attached hydrogens (tertiary/aromatic N) is 1. The van der Waals surface area contributed by atoms with Gasteiger partial charge in [-0.1, -0.05) is 18.2 Å². The van der Waals surface area contributed by atoms with E-state index >= 15 is 0 Å². The van der Waals surface area contributed by atoms with Crippen LogP contribution in [0.4, 0.5) is 4.39 Å². The van der Waals surface area contributed by atoms with E-state index in [2.05, 4.69) is 0 Å². The van der Waals surface area contributed by atoms with Gasteiger partial charge in [0, 0.05) is 13.6 Å². The molecule has 0 saturated heterocycles. The standard InChI is InChI=1S/C17H16FNO4/c1-19(9-12-6-7-15-16(8-12)23-11-22-15)17(20)10-21-14-5-3-2-4-13(14)18/h2-8H,9-11H2,1H3. The fourth-order valence-corrected chi connectivity index (χ4v) is 2.21. The normalized spacial score (nSPS) is 12.1. The molecule has 0 saturated carbocycles. The number of benzene rings is 2. The topological polar surface area (TPSA) is 48.0 Å². The van der Waals surface area contributed by atoms with Crippen LogP contribution in [-0.4, -0.2) is 31.3 Å². The van der Waals surface area contributed by atoms with E-state index in [0.29, 0.717) is 18.0 Å². The summed E-state index contributed by atoms with van der Waals surface area (Å²) in [5, 5.41) is 0. The molecule has 0 spiro atoms. The monoisotopic (exact) mass is 317 g/mol. The Bertz CT molecular complexity index is 719. The van der Waals surface area contributed by atoms with Crippen molar-refractivity contribution < 1.29 is 23.4 Å². The molecule has 2 aromatic rings. The average molecular weight is 317 g/mol. The summed E-state index contributed by atoms with van der Waals surface area (Å²) in [6, 6.07) is 11.5. The number of fused-ring (bicyclic) bond motifs is 1. The van der Waals surface area contributed by atoms with Crippen LogP contribution in [0.3, 0.4) is 0 Å². The zero-order valence-electron chi connectivity index (χ0n) is 12.6. The van der Waals surface area contributed by atoms with E-state index in [1.54, 1.807) is 19.2 Å². The second-order valence-electron chi connectivity index (χ2n) is 5.16. The first kappa shape index (κ1) is 15.1. The van der Waals surface area contributed by atoms with Crippen molar-refractivity contribution >= 4 is 5.91 Å². The molecule has 0 fully saturated rings. The van der Waals surface area contributed by atoms with Gasteiger partial charge in [0.1, 0.15) is 0 Å². The van der Waals surface area contributed by atoms with Crippen LogP contribution in [0.2, 0.25) is 0 Å². The highest BCUT2D eigenvalue weighted by Gasteiger charge is 2.16. The quantitative estimate of drug-likeness (QED) is 0.850. The van der Waals surface area contributed by atoms with Crippen molar-refractivity contribution in [3.63, 3.8) is 0 Å². The van der Waals surface area contributed by atoms with Crippen molar-refractivity contribution in [3.8, 4) is 17.2 Å². The summed E-state index contributed by atoms with van der Waals surface area (Å²) in [6.45, 7) is 0.391. The number of hydrogen-bond donors (Lipinski definition) is 0. The lowest BCUT2D eigenvalue weighted by molar-refractivity contribution is -0.132. The molecular formula is C17H16FNO4. The highest BCUT2D eigenvalue weighted by molar-refractivity contribution is 5.77. The van der Waals surface area contributed by atoms with E-state index in [-0.39, 0.29) is 25.1 Å². The van der Waals surface area contributed by atoms with Gasteiger partial charge in [0.25, 0.3) is 5.91 Å². The van der Waals surface area contributed by atoms with Gasteiger partial charge in [0.15, 0.2) is 29.7 Å². The smallest absolute Gasteiger partial charge is 0.260 e. The van der Waals surface area contributed by atoms with E-state index < -0.39 is 5.82 Å². The van der Waals surface area contributed by atoms with Crippen LogP contribution in [0.25, 0.3) is 0 Å². The lowest BCUT2D eigenvalue weighted by Gasteiger charge is -2.18. The molecule has 1 heterocycles. The molecule has 0 radical (unpaired) electrons. The predicted molar refractivity (Wildman–Crippen MR) is 80.9 cm³/mol. The maximum atomic E-state index is 13.4. The summed E-state index contributed by atoms with van der Waals surface area (Å²) in [6.07, 6.45) is 0. The van der Waals surface area contributed by atoms with E-state index in [1.165, 1.54) is 17.0 Å². The Hall–Kier alpha value is -2.76. The molecule has 5 nitrogen and oxygen atoms in total. The Morgan fingerprint density at radius 3 is 2.83 bits per heavy atom. The summed E-state index contributed by atoms with van der Waals surface area (Å²) in [7, 11) is 1.66. The molecule has 0 atom stereocenters. The third-order valence-electron chi connectivity index (χ3n) is 3.47. The van der Waals surface area contributed by atoms with Crippen molar-refractivity contribution in [2.75, 3.05) is 20.4 Å². The van der Waals surface area contributed by atoms with Crippen LogP contribution in [-0.2, 0) is 11.3 Å². The minimum absolute atomic E-state index is 0.0670. The first-order chi connectivity index (χ1) is 11.1. The summed E-state index contributed by atoms with van der Waals surface area (Å²) in [5.41, 5.74) is 0.913. The van der Waals surface area contributed by atoms with Crippen molar-refractivity contribution in [2.45, 2.75) is 6.54 Å². The molecule has 3 rings (SSSR count). The van der Waals surface area contributed by atoms with Gasteiger partial charge >= 0.3 is 0 Å². The van der Waals surface area contributed by atoms with Crippen LogP contribution in [0.15, 0.2) is 42.5 Å².